The number of nitrogens with zero attached hydrogens (tertiary/aromatic N) is 2. The van der Waals surface area contributed by atoms with Crippen molar-refractivity contribution in [3.8, 4) is 0 Å². The number of carbonyl (C=O) groups is 1. The van der Waals surface area contributed by atoms with Crippen molar-refractivity contribution in [2.45, 2.75) is 25.8 Å². The summed E-state index contributed by atoms with van der Waals surface area (Å²) in [5.74, 6) is -0.337. The fourth-order valence-corrected chi connectivity index (χ4v) is 5.34. The molecule has 1 aliphatic heterocycles. The van der Waals surface area contributed by atoms with Crippen LogP contribution in [0.3, 0.4) is 0 Å². The molecule has 1 N–H and O–H groups in total. The highest BCUT2D eigenvalue weighted by Gasteiger charge is 2.54. The van der Waals surface area contributed by atoms with E-state index in [0.717, 1.165) is 48.1 Å². The molecule has 2 fully saturated rings. The standard InChI is InChI=1S/C17H20N2O3S/c1-18-13-5-4-11(7-14(13)23-16(18)22)8-19-9-12-3-2-6-17(12,10-19)15(20)21/h4-5,7,12H,2-3,6,8-10H2,1H3,(H,20,21)/t12-,17+/m0/s1. The Hall–Kier alpha value is -1.66. The topological polar surface area (TPSA) is 62.5 Å². The van der Waals surface area contributed by atoms with Gasteiger partial charge in [0.25, 0.3) is 0 Å². The van der Waals surface area contributed by atoms with E-state index >= 15 is 0 Å². The summed E-state index contributed by atoms with van der Waals surface area (Å²) in [5, 5.41) is 9.67. The minimum atomic E-state index is -0.626. The van der Waals surface area contributed by atoms with Gasteiger partial charge in [0.2, 0.25) is 0 Å². The maximum atomic E-state index is 11.8. The van der Waals surface area contributed by atoms with Gasteiger partial charge in [0, 0.05) is 26.7 Å². The number of rotatable bonds is 3. The van der Waals surface area contributed by atoms with Gasteiger partial charge in [-0.2, -0.15) is 0 Å². The zero-order valence-corrected chi connectivity index (χ0v) is 13.9. The fourth-order valence-electron chi connectivity index (χ4n) is 4.40. The minimum Gasteiger partial charge on any atom is -0.481 e. The third-order valence-corrected chi connectivity index (χ3v) is 6.63. The van der Waals surface area contributed by atoms with Crippen LogP contribution in [0, 0.1) is 11.3 Å². The SMILES string of the molecule is Cn1c(=O)sc2cc(CN3C[C@@H]4CCC[C@@]4(C(=O)O)C3)ccc21. The molecule has 5 nitrogen and oxygen atoms in total. The normalized spacial score (nSPS) is 27.6. The van der Waals surface area contributed by atoms with Gasteiger partial charge in [0.05, 0.1) is 15.6 Å². The first kappa shape index (κ1) is 14.9. The molecule has 2 atom stereocenters. The molecule has 1 aliphatic carbocycles. The molecule has 2 aromatic rings. The zero-order valence-electron chi connectivity index (χ0n) is 13.1. The molecule has 122 valence electrons. The number of aryl methyl sites for hydroxylation is 1. The van der Waals surface area contributed by atoms with Crippen molar-refractivity contribution in [3.63, 3.8) is 0 Å². The number of carboxylic acids is 1. The van der Waals surface area contributed by atoms with Gasteiger partial charge in [0.15, 0.2) is 0 Å². The van der Waals surface area contributed by atoms with E-state index < -0.39 is 11.4 Å². The van der Waals surface area contributed by atoms with Gasteiger partial charge < -0.3 is 9.67 Å². The third kappa shape index (κ3) is 2.23. The van der Waals surface area contributed by atoms with E-state index in [9.17, 15) is 14.7 Å². The highest BCUT2D eigenvalue weighted by atomic mass is 32.1. The largest absolute Gasteiger partial charge is 0.481 e. The van der Waals surface area contributed by atoms with Crippen LogP contribution in [0.4, 0.5) is 0 Å². The first-order valence-electron chi connectivity index (χ1n) is 8.04. The summed E-state index contributed by atoms with van der Waals surface area (Å²) in [6.07, 6.45) is 2.87. The molecule has 23 heavy (non-hydrogen) atoms. The Labute approximate surface area is 138 Å². The van der Waals surface area contributed by atoms with Gasteiger partial charge in [-0.15, -0.1) is 0 Å². The summed E-state index contributed by atoms with van der Waals surface area (Å²) in [5.41, 5.74) is 1.59. The van der Waals surface area contributed by atoms with Crippen molar-refractivity contribution < 1.29 is 9.90 Å². The van der Waals surface area contributed by atoms with E-state index in [2.05, 4.69) is 17.0 Å². The fraction of sp³-hybridized carbons (Fsp3) is 0.529. The lowest BCUT2D eigenvalue weighted by molar-refractivity contribution is -0.149. The number of benzene rings is 1. The van der Waals surface area contributed by atoms with E-state index in [4.69, 9.17) is 0 Å². The number of hydrogen-bond acceptors (Lipinski definition) is 4. The summed E-state index contributed by atoms with van der Waals surface area (Å²) in [6.45, 7) is 2.28. The molecule has 6 heteroatoms. The molecule has 1 saturated heterocycles. The molecule has 0 amide bonds. The second-order valence-corrected chi connectivity index (χ2v) is 7.94. The van der Waals surface area contributed by atoms with E-state index in [1.54, 1.807) is 11.6 Å². The Morgan fingerprint density at radius 2 is 2.30 bits per heavy atom. The quantitative estimate of drug-likeness (QED) is 0.937. The summed E-state index contributed by atoms with van der Waals surface area (Å²) in [7, 11) is 1.79. The van der Waals surface area contributed by atoms with Gasteiger partial charge in [-0.05, 0) is 36.5 Å². The minimum absolute atomic E-state index is 0.0534. The Kier molecular flexibility index (Phi) is 3.35. The highest BCUT2D eigenvalue weighted by molar-refractivity contribution is 7.16. The van der Waals surface area contributed by atoms with E-state index in [0.29, 0.717) is 6.54 Å². The lowest BCUT2D eigenvalue weighted by Crippen LogP contribution is -2.35. The molecule has 1 aromatic carbocycles. The van der Waals surface area contributed by atoms with Crippen LogP contribution in [0.1, 0.15) is 24.8 Å². The van der Waals surface area contributed by atoms with E-state index in [1.165, 1.54) is 11.3 Å². The smallest absolute Gasteiger partial charge is 0.311 e. The van der Waals surface area contributed by atoms with Crippen LogP contribution in [0.2, 0.25) is 0 Å². The maximum absolute atomic E-state index is 11.8. The van der Waals surface area contributed by atoms with Crippen LogP contribution in [-0.2, 0) is 18.4 Å². The maximum Gasteiger partial charge on any atom is 0.311 e. The van der Waals surface area contributed by atoms with Crippen LogP contribution in [0.5, 0.6) is 0 Å². The number of thiazole rings is 1. The Balaban J connectivity index is 1.57. The zero-order chi connectivity index (χ0) is 16.2. The predicted molar refractivity (Wildman–Crippen MR) is 89.8 cm³/mol. The summed E-state index contributed by atoms with van der Waals surface area (Å²) in [6, 6.07) is 6.12. The number of aliphatic carboxylic acids is 1. The molecule has 1 aromatic heterocycles. The van der Waals surface area contributed by atoms with E-state index in [-0.39, 0.29) is 10.8 Å². The van der Waals surface area contributed by atoms with Crippen LogP contribution in [0.25, 0.3) is 10.2 Å². The molecule has 2 aliphatic rings. The Morgan fingerprint density at radius 1 is 1.48 bits per heavy atom. The van der Waals surface area contributed by atoms with Crippen LogP contribution in [0.15, 0.2) is 23.0 Å². The Morgan fingerprint density at radius 3 is 3.04 bits per heavy atom. The average Bonchev–Trinajstić information content (AvgIpc) is 3.11. The first-order valence-corrected chi connectivity index (χ1v) is 8.85. The average molecular weight is 332 g/mol. The second-order valence-electron chi connectivity index (χ2n) is 6.95. The van der Waals surface area contributed by atoms with Gasteiger partial charge in [-0.1, -0.05) is 23.8 Å². The third-order valence-electron chi connectivity index (χ3n) is 5.63. The van der Waals surface area contributed by atoms with Gasteiger partial charge >= 0.3 is 10.8 Å². The summed E-state index contributed by atoms with van der Waals surface area (Å²) < 4.78 is 2.67. The summed E-state index contributed by atoms with van der Waals surface area (Å²) in [4.78, 5) is 25.8. The van der Waals surface area contributed by atoms with Crippen molar-refractivity contribution in [2.24, 2.45) is 18.4 Å². The van der Waals surface area contributed by atoms with Crippen LogP contribution >= 0.6 is 11.3 Å². The van der Waals surface area contributed by atoms with Gasteiger partial charge in [0.1, 0.15) is 0 Å². The molecule has 0 spiro atoms. The summed E-state index contributed by atoms with van der Waals surface area (Å²) >= 11 is 1.27. The molecular weight excluding hydrogens is 312 g/mol. The molecule has 0 radical (unpaired) electrons. The molecular formula is C17H20N2O3S. The number of likely N-dealkylation sites (tertiary alicyclic amines) is 1. The number of fused-ring (bicyclic) bond motifs is 2. The lowest BCUT2D eigenvalue weighted by Gasteiger charge is -2.23. The number of carboxylic acid groups (broad SMARTS) is 1. The molecule has 0 unspecified atom stereocenters. The second kappa shape index (κ2) is 5.18. The van der Waals surface area contributed by atoms with Crippen molar-refractivity contribution >= 4 is 27.5 Å². The van der Waals surface area contributed by atoms with Crippen LogP contribution in [-0.4, -0.2) is 33.6 Å². The Bertz CT molecular complexity index is 840. The van der Waals surface area contributed by atoms with Crippen molar-refractivity contribution in [1.29, 1.82) is 0 Å². The van der Waals surface area contributed by atoms with Crippen molar-refractivity contribution in [2.75, 3.05) is 13.1 Å². The lowest BCUT2D eigenvalue weighted by atomic mass is 9.81. The number of hydrogen-bond donors (Lipinski definition) is 1. The van der Waals surface area contributed by atoms with Crippen LogP contribution < -0.4 is 4.87 Å². The van der Waals surface area contributed by atoms with E-state index in [1.807, 2.05) is 6.07 Å². The van der Waals surface area contributed by atoms with Crippen molar-refractivity contribution in [1.82, 2.24) is 9.47 Å². The molecule has 4 rings (SSSR count). The van der Waals surface area contributed by atoms with Gasteiger partial charge in [-0.3, -0.25) is 14.5 Å². The first-order chi connectivity index (χ1) is 11.0. The van der Waals surface area contributed by atoms with Gasteiger partial charge in [-0.25, -0.2) is 0 Å². The van der Waals surface area contributed by atoms with Crippen molar-refractivity contribution in [3.05, 3.63) is 33.4 Å². The molecule has 1 saturated carbocycles. The predicted octanol–water partition coefficient (Wildman–Crippen LogP) is 2.29. The monoisotopic (exact) mass is 332 g/mol. The highest BCUT2D eigenvalue weighted by Crippen LogP contribution is 2.49. The molecule has 2 heterocycles. The number of aromatic nitrogens is 1. The molecule has 0 bridgehead atoms.